The van der Waals surface area contributed by atoms with Gasteiger partial charge in [0.1, 0.15) is 5.75 Å². The fourth-order valence-electron chi connectivity index (χ4n) is 1.93. The third-order valence-corrected chi connectivity index (χ3v) is 3.14. The molecule has 0 saturated heterocycles. The summed E-state index contributed by atoms with van der Waals surface area (Å²) in [5.41, 5.74) is 0.257. The average molecular weight is 344 g/mol. The molecular formula is C15H12F4N2O3. The first-order chi connectivity index (χ1) is 11.2. The summed E-state index contributed by atoms with van der Waals surface area (Å²) in [5, 5.41) is 10.6. The van der Waals surface area contributed by atoms with E-state index in [1.165, 1.54) is 35.2 Å². The normalized spacial score (nSPS) is 11.2. The van der Waals surface area contributed by atoms with E-state index in [2.05, 4.69) is 4.74 Å². The molecule has 5 nitrogen and oxygen atoms in total. The third kappa shape index (κ3) is 4.34. The van der Waals surface area contributed by atoms with E-state index in [0.29, 0.717) is 11.4 Å². The van der Waals surface area contributed by atoms with Gasteiger partial charge in [0, 0.05) is 30.6 Å². The summed E-state index contributed by atoms with van der Waals surface area (Å²) in [6.45, 7) is -1.39. The highest BCUT2D eigenvalue weighted by Crippen LogP contribution is 2.29. The number of hydrogen-bond donors (Lipinski definition) is 0. The van der Waals surface area contributed by atoms with Crippen molar-refractivity contribution in [3.8, 4) is 5.75 Å². The molecule has 0 amide bonds. The van der Waals surface area contributed by atoms with Crippen LogP contribution in [0.3, 0.4) is 0 Å². The Kier molecular flexibility index (Phi) is 4.91. The Labute approximate surface area is 134 Å². The fourth-order valence-corrected chi connectivity index (χ4v) is 1.93. The number of alkyl halides is 3. The maximum atomic E-state index is 13.7. The van der Waals surface area contributed by atoms with Gasteiger partial charge in [-0.05, 0) is 30.3 Å². The van der Waals surface area contributed by atoms with Crippen LogP contribution < -0.4 is 9.64 Å². The molecule has 0 heterocycles. The summed E-state index contributed by atoms with van der Waals surface area (Å²) < 4.78 is 54.5. The van der Waals surface area contributed by atoms with Crippen LogP contribution in [0.5, 0.6) is 5.75 Å². The molecule has 0 aliphatic heterocycles. The maximum Gasteiger partial charge on any atom is 0.422 e. The molecule has 0 aliphatic carbocycles. The molecule has 128 valence electrons. The van der Waals surface area contributed by atoms with Gasteiger partial charge in [-0.15, -0.1) is 0 Å². The van der Waals surface area contributed by atoms with Gasteiger partial charge in [-0.25, -0.2) is 0 Å². The van der Waals surface area contributed by atoms with Crippen molar-refractivity contribution in [1.82, 2.24) is 0 Å². The van der Waals surface area contributed by atoms with Gasteiger partial charge in [0.05, 0.1) is 4.92 Å². The van der Waals surface area contributed by atoms with Crippen molar-refractivity contribution in [3.63, 3.8) is 0 Å². The molecule has 0 fully saturated rings. The predicted molar refractivity (Wildman–Crippen MR) is 79.1 cm³/mol. The Bertz CT molecular complexity index is 732. The Morgan fingerprint density at radius 2 is 1.71 bits per heavy atom. The lowest BCUT2D eigenvalue weighted by molar-refractivity contribution is -0.387. The number of nitrogens with zero attached hydrogens (tertiary/aromatic N) is 2. The first kappa shape index (κ1) is 17.5. The lowest BCUT2D eigenvalue weighted by atomic mass is 10.2. The predicted octanol–water partition coefficient (Wildman–Crippen LogP) is 4.44. The minimum absolute atomic E-state index is 0.0411. The topological polar surface area (TPSA) is 55.6 Å². The van der Waals surface area contributed by atoms with Crippen LogP contribution in [-0.4, -0.2) is 24.8 Å². The zero-order valence-electron chi connectivity index (χ0n) is 12.4. The monoisotopic (exact) mass is 344 g/mol. The van der Waals surface area contributed by atoms with Gasteiger partial charge in [-0.2, -0.15) is 17.6 Å². The van der Waals surface area contributed by atoms with Crippen LogP contribution in [0.4, 0.5) is 34.6 Å². The Balaban J connectivity index is 2.14. The molecule has 0 spiro atoms. The van der Waals surface area contributed by atoms with E-state index < -0.39 is 29.2 Å². The number of nitro groups is 1. The number of nitro benzene ring substituents is 1. The Hall–Kier alpha value is -2.84. The van der Waals surface area contributed by atoms with Crippen molar-refractivity contribution in [2.24, 2.45) is 0 Å². The van der Waals surface area contributed by atoms with E-state index in [1.54, 1.807) is 7.05 Å². The van der Waals surface area contributed by atoms with Gasteiger partial charge < -0.3 is 9.64 Å². The van der Waals surface area contributed by atoms with Crippen molar-refractivity contribution in [3.05, 3.63) is 58.4 Å². The van der Waals surface area contributed by atoms with Crippen LogP contribution in [0.2, 0.25) is 0 Å². The molecule has 0 aliphatic rings. The molecule has 0 saturated carbocycles. The van der Waals surface area contributed by atoms with Crippen LogP contribution in [0, 0.1) is 15.9 Å². The second-order valence-electron chi connectivity index (χ2n) is 4.85. The summed E-state index contributed by atoms with van der Waals surface area (Å²) in [6, 6.07) is 9.10. The zero-order chi connectivity index (χ0) is 17.9. The van der Waals surface area contributed by atoms with E-state index in [0.717, 1.165) is 12.1 Å². The summed E-state index contributed by atoms with van der Waals surface area (Å²) in [4.78, 5) is 11.3. The molecule has 0 unspecified atom stereocenters. The molecule has 0 N–H and O–H groups in total. The molecule has 0 aromatic heterocycles. The second kappa shape index (κ2) is 6.73. The first-order valence-electron chi connectivity index (χ1n) is 6.64. The van der Waals surface area contributed by atoms with Crippen LogP contribution in [-0.2, 0) is 0 Å². The second-order valence-corrected chi connectivity index (χ2v) is 4.85. The summed E-state index contributed by atoms with van der Waals surface area (Å²) in [6.07, 6.45) is -4.42. The minimum Gasteiger partial charge on any atom is -0.484 e. The first-order valence-corrected chi connectivity index (χ1v) is 6.64. The molecule has 2 aromatic carbocycles. The molecule has 0 radical (unpaired) electrons. The highest BCUT2D eigenvalue weighted by Gasteiger charge is 2.28. The molecule has 2 rings (SSSR count). The number of halogens is 4. The molecule has 24 heavy (non-hydrogen) atoms. The van der Waals surface area contributed by atoms with Crippen LogP contribution in [0.1, 0.15) is 0 Å². The van der Waals surface area contributed by atoms with Crippen LogP contribution in [0.25, 0.3) is 0 Å². The number of benzene rings is 2. The van der Waals surface area contributed by atoms with Crippen molar-refractivity contribution >= 4 is 17.1 Å². The standard InChI is InChI=1S/C15H12F4N2O3/c1-20(11-4-7-14(21(22)23)13(16)8-11)10-2-5-12(6-3-10)24-9-15(17,18)19/h2-8H,9H2,1H3. The summed E-state index contributed by atoms with van der Waals surface area (Å²) in [7, 11) is 1.59. The molecule has 9 heteroatoms. The van der Waals surface area contributed by atoms with Crippen LogP contribution in [0.15, 0.2) is 42.5 Å². The quantitative estimate of drug-likeness (QED) is 0.457. The zero-order valence-corrected chi connectivity index (χ0v) is 12.4. The maximum absolute atomic E-state index is 13.7. The van der Waals surface area contributed by atoms with Crippen molar-refractivity contribution in [2.75, 3.05) is 18.6 Å². The third-order valence-electron chi connectivity index (χ3n) is 3.14. The van der Waals surface area contributed by atoms with Gasteiger partial charge in [0.25, 0.3) is 0 Å². The molecule has 2 aromatic rings. The molecule has 0 atom stereocenters. The van der Waals surface area contributed by atoms with E-state index in [-0.39, 0.29) is 5.75 Å². The molecule has 0 bridgehead atoms. The van der Waals surface area contributed by atoms with E-state index in [1.807, 2.05) is 0 Å². The van der Waals surface area contributed by atoms with Gasteiger partial charge >= 0.3 is 11.9 Å². The van der Waals surface area contributed by atoms with E-state index >= 15 is 0 Å². The van der Waals surface area contributed by atoms with E-state index in [4.69, 9.17) is 0 Å². The van der Waals surface area contributed by atoms with Crippen LogP contribution >= 0.6 is 0 Å². The van der Waals surface area contributed by atoms with Gasteiger partial charge in [0.15, 0.2) is 6.61 Å². The van der Waals surface area contributed by atoms with E-state index in [9.17, 15) is 27.7 Å². The average Bonchev–Trinajstić information content (AvgIpc) is 2.51. The lowest BCUT2D eigenvalue weighted by Gasteiger charge is -2.20. The lowest BCUT2D eigenvalue weighted by Crippen LogP contribution is -2.19. The minimum atomic E-state index is -4.42. The smallest absolute Gasteiger partial charge is 0.422 e. The number of anilines is 2. The summed E-state index contributed by atoms with van der Waals surface area (Å²) in [5.74, 6) is -0.936. The summed E-state index contributed by atoms with van der Waals surface area (Å²) >= 11 is 0. The van der Waals surface area contributed by atoms with Gasteiger partial charge in [-0.3, -0.25) is 10.1 Å². The van der Waals surface area contributed by atoms with Crippen molar-refractivity contribution in [2.45, 2.75) is 6.18 Å². The fraction of sp³-hybridized carbons (Fsp3) is 0.200. The SMILES string of the molecule is CN(c1ccc(OCC(F)(F)F)cc1)c1ccc([N+](=O)[O-])c(F)c1. The largest absolute Gasteiger partial charge is 0.484 e. The van der Waals surface area contributed by atoms with Gasteiger partial charge in [0.2, 0.25) is 5.82 Å². The highest BCUT2D eigenvalue weighted by molar-refractivity contribution is 5.64. The number of ether oxygens (including phenoxy) is 1. The Morgan fingerprint density at radius 1 is 1.12 bits per heavy atom. The molecular weight excluding hydrogens is 332 g/mol. The highest BCUT2D eigenvalue weighted by atomic mass is 19.4. The van der Waals surface area contributed by atoms with Crippen molar-refractivity contribution in [1.29, 1.82) is 0 Å². The Morgan fingerprint density at radius 3 is 2.21 bits per heavy atom. The van der Waals surface area contributed by atoms with Gasteiger partial charge in [-0.1, -0.05) is 0 Å². The number of rotatable bonds is 5. The number of hydrogen-bond acceptors (Lipinski definition) is 4. The van der Waals surface area contributed by atoms with Crippen molar-refractivity contribution < 1.29 is 27.2 Å².